The van der Waals surface area contributed by atoms with E-state index in [1.54, 1.807) is 19.4 Å². The van der Waals surface area contributed by atoms with Gasteiger partial charge in [-0.1, -0.05) is 24.3 Å². The number of aromatic nitrogens is 2. The van der Waals surface area contributed by atoms with Crippen LogP contribution in [0.2, 0.25) is 0 Å². The van der Waals surface area contributed by atoms with Crippen molar-refractivity contribution >= 4 is 12.0 Å². The van der Waals surface area contributed by atoms with Gasteiger partial charge in [-0.3, -0.25) is 9.48 Å². The molecule has 2 aromatic carbocycles. The highest BCUT2D eigenvalue weighted by Gasteiger charge is 2.17. The second-order valence-electron chi connectivity index (χ2n) is 6.77. The summed E-state index contributed by atoms with van der Waals surface area (Å²) in [6.45, 7) is 2.07. The van der Waals surface area contributed by atoms with Gasteiger partial charge < -0.3 is 19.5 Å². The van der Waals surface area contributed by atoms with Crippen LogP contribution in [0.5, 0.6) is 17.2 Å². The zero-order valence-electron chi connectivity index (χ0n) is 16.7. The minimum absolute atomic E-state index is 0.183. The number of hydrogen-bond acceptors (Lipinski definition) is 5. The van der Waals surface area contributed by atoms with Gasteiger partial charge in [0.2, 0.25) is 11.7 Å². The number of carbonyl (C=O) groups excluding carboxylic acids is 1. The van der Waals surface area contributed by atoms with Crippen molar-refractivity contribution in [3.05, 3.63) is 77.6 Å². The highest BCUT2D eigenvalue weighted by molar-refractivity contribution is 5.91. The van der Waals surface area contributed by atoms with Crippen LogP contribution in [0.3, 0.4) is 0 Å². The summed E-state index contributed by atoms with van der Waals surface area (Å²) >= 11 is 0. The fraction of sp³-hybridized carbons (Fsp3) is 0.217. The Morgan fingerprint density at radius 1 is 1.20 bits per heavy atom. The maximum atomic E-state index is 12.4. The molecule has 1 aliphatic heterocycles. The summed E-state index contributed by atoms with van der Waals surface area (Å²) in [5, 5.41) is 7.18. The first-order valence-corrected chi connectivity index (χ1v) is 9.70. The second-order valence-corrected chi connectivity index (χ2v) is 6.77. The van der Waals surface area contributed by atoms with Crippen LogP contribution in [0.4, 0.5) is 0 Å². The van der Waals surface area contributed by atoms with Crippen molar-refractivity contribution in [2.75, 3.05) is 20.3 Å². The Bertz CT molecular complexity index is 1030. The molecule has 3 aromatic rings. The van der Waals surface area contributed by atoms with E-state index in [0.717, 1.165) is 16.7 Å². The van der Waals surface area contributed by atoms with Crippen molar-refractivity contribution in [2.24, 2.45) is 0 Å². The molecule has 0 saturated heterocycles. The number of methoxy groups -OCH3 is 1. The number of ether oxygens (including phenoxy) is 3. The van der Waals surface area contributed by atoms with E-state index in [1.165, 1.54) is 6.08 Å². The molecule has 0 fully saturated rings. The molecule has 1 aromatic heterocycles. The molecule has 4 rings (SSSR count). The zero-order valence-corrected chi connectivity index (χ0v) is 16.7. The smallest absolute Gasteiger partial charge is 0.244 e. The van der Waals surface area contributed by atoms with E-state index in [4.69, 9.17) is 14.2 Å². The number of hydrogen-bond donors (Lipinski definition) is 1. The fourth-order valence-electron chi connectivity index (χ4n) is 3.26. The lowest BCUT2D eigenvalue weighted by Gasteiger charge is -2.20. The quantitative estimate of drug-likeness (QED) is 0.612. The molecule has 0 aliphatic carbocycles. The van der Waals surface area contributed by atoms with Crippen LogP contribution < -0.4 is 19.5 Å². The molecule has 0 radical (unpaired) electrons. The second kappa shape index (κ2) is 9.17. The molecule has 1 aliphatic rings. The number of rotatable bonds is 7. The number of carbonyl (C=O) groups is 1. The van der Waals surface area contributed by atoms with Gasteiger partial charge in [0.1, 0.15) is 13.2 Å². The minimum Gasteiger partial charge on any atom is -0.493 e. The number of benzene rings is 2. The van der Waals surface area contributed by atoms with Gasteiger partial charge in [0.05, 0.1) is 13.7 Å². The van der Waals surface area contributed by atoms with E-state index < -0.39 is 0 Å². The predicted octanol–water partition coefficient (Wildman–Crippen LogP) is 3.04. The lowest BCUT2D eigenvalue weighted by atomic mass is 10.1. The van der Waals surface area contributed by atoms with Crippen LogP contribution in [0.1, 0.15) is 16.7 Å². The van der Waals surface area contributed by atoms with E-state index in [-0.39, 0.29) is 5.91 Å². The summed E-state index contributed by atoms with van der Waals surface area (Å²) in [5.41, 5.74) is 2.96. The minimum atomic E-state index is -0.183. The standard InChI is InChI=1S/C23H23N3O4/c1-28-20-13-17(14-21-23(20)30-12-11-29-21)7-8-22(27)24-15-18-5-2-3-6-19(18)16-26-10-4-9-25-26/h2-10,13-14H,11-12,15-16H2,1H3,(H,24,27)/b8-7+. The predicted molar refractivity (Wildman–Crippen MR) is 113 cm³/mol. The summed E-state index contributed by atoms with van der Waals surface area (Å²) in [5.74, 6) is 1.62. The van der Waals surface area contributed by atoms with Crippen LogP contribution in [-0.4, -0.2) is 36.0 Å². The van der Waals surface area contributed by atoms with Gasteiger partial charge in [-0.2, -0.15) is 5.10 Å². The molecule has 0 saturated carbocycles. The SMILES string of the molecule is COc1cc(/C=C/C(=O)NCc2ccccc2Cn2cccn2)cc2c1OCCO2. The summed E-state index contributed by atoms with van der Waals surface area (Å²) in [7, 11) is 1.58. The Balaban J connectivity index is 1.40. The molecule has 1 amide bonds. The first-order chi connectivity index (χ1) is 14.7. The molecule has 0 unspecified atom stereocenters. The van der Waals surface area contributed by atoms with Gasteiger partial charge >= 0.3 is 0 Å². The molecule has 2 heterocycles. The van der Waals surface area contributed by atoms with Crippen LogP contribution in [0.25, 0.3) is 6.08 Å². The summed E-state index contributed by atoms with van der Waals surface area (Å²) in [6.07, 6.45) is 6.90. The van der Waals surface area contributed by atoms with Gasteiger partial charge in [0.15, 0.2) is 11.5 Å². The average molecular weight is 405 g/mol. The number of nitrogens with zero attached hydrogens (tertiary/aromatic N) is 2. The van der Waals surface area contributed by atoms with Gasteiger partial charge in [0.25, 0.3) is 0 Å². The van der Waals surface area contributed by atoms with Crippen LogP contribution in [0, 0.1) is 0 Å². The first kappa shape index (κ1) is 19.6. The highest BCUT2D eigenvalue weighted by Crippen LogP contribution is 2.40. The average Bonchev–Trinajstić information content (AvgIpc) is 3.29. The lowest BCUT2D eigenvalue weighted by Crippen LogP contribution is -2.21. The molecule has 7 nitrogen and oxygen atoms in total. The Hall–Kier alpha value is -3.74. The molecule has 30 heavy (non-hydrogen) atoms. The van der Waals surface area contributed by atoms with E-state index >= 15 is 0 Å². The van der Waals surface area contributed by atoms with Crippen molar-refractivity contribution in [1.82, 2.24) is 15.1 Å². The molecule has 1 N–H and O–H groups in total. The normalized spacial score (nSPS) is 12.7. The molecular weight excluding hydrogens is 382 g/mol. The van der Waals surface area contributed by atoms with E-state index in [0.29, 0.717) is 43.6 Å². The maximum Gasteiger partial charge on any atom is 0.244 e. The van der Waals surface area contributed by atoms with E-state index in [9.17, 15) is 4.79 Å². The Morgan fingerprint density at radius 3 is 2.83 bits per heavy atom. The molecule has 0 spiro atoms. The van der Waals surface area contributed by atoms with Crippen molar-refractivity contribution in [2.45, 2.75) is 13.1 Å². The van der Waals surface area contributed by atoms with Crippen LogP contribution in [-0.2, 0) is 17.9 Å². The van der Waals surface area contributed by atoms with Crippen molar-refractivity contribution in [3.8, 4) is 17.2 Å². The highest BCUT2D eigenvalue weighted by atomic mass is 16.6. The summed E-state index contributed by atoms with van der Waals surface area (Å²) < 4.78 is 18.5. The van der Waals surface area contributed by atoms with Crippen LogP contribution in [0.15, 0.2) is 60.9 Å². The topological polar surface area (TPSA) is 74.6 Å². The summed E-state index contributed by atoms with van der Waals surface area (Å²) in [6, 6.07) is 13.5. The van der Waals surface area contributed by atoms with Crippen molar-refractivity contribution < 1.29 is 19.0 Å². The third-order valence-corrected chi connectivity index (χ3v) is 4.74. The van der Waals surface area contributed by atoms with Gasteiger partial charge in [0, 0.05) is 25.0 Å². The van der Waals surface area contributed by atoms with Crippen molar-refractivity contribution in [1.29, 1.82) is 0 Å². The number of nitrogens with one attached hydrogen (secondary N) is 1. The monoisotopic (exact) mass is 405 g/mol. The number of fused-ring (bicyclic) bond motifs is 1. The number of amides is 1. The largest absolute Gasteiger partial charge is 0.493 e. The third kappa shape index (κ3) is 4.63. The van der Waals surface area contributed by atoms with E-state index in [1.807, 2.05) is 53.3 Å². The Morgan fingerprint density at radius 2 is 2.03 bits per heavy atom. The van der Waals surface area contributed by atoms with Gasteiger partial charge in [-0.15, -0.1) is 0 Å². The third-order valence-electron chi connectivity index (χ3n) is 4.74. The molecule has 7 heteroatoms. The van der Waals surface area contributed by atoms with Crippen LogP contribution >= 0.6 is 0 Å². The lowest BCUT2D eigenvalue weighted by molar-refractivity contribution is -0.116. The maximum absolute atomic E-state index is 12.4. The molecule has 0 bridgehead atoms. The Labute approximate surface area is 174 Å². The first-order valence-electron chi connectivity index (χ1n) is 9.70. The van der Waals surface area contributed by atoms with E-state index in [2.05, 4.69) is 10.4 Å². The van der Waals surface area contributed by atoms with Gasteiger partial charge in [-0.05, 0) is 41.0 Å². The van der Waals surface area contributed by atoms with Crippen molar-refractivity contribution in [3.63, 3.8) is 0 Å². The van der Waals surface area contributed by atoms with Gasteiger partial charge in [-0.25, -0.2) is 0 Å². The summed E-state index contributed by atoms with van der Waals surface area (Å²) in [4.78, 5) is 12.4. The zero-order chi connectivity index (χ0) is 20.8. The molecule has 0 atom stereocenters. The Kier molecular flexibility index (Phi) is 5.98. The molecular formula is C23H23N3O4. The fourth-order valence-corrected chi connectivity index (χ4v) is 3.26. The molecule has 154 valence electrons.